The molecule has 0 radical (unpaired) electrons. The molecule has 0 spiro atoms. The van der Waals surface area contributed by atoms with Crippen LogP contribution < -0.4 is 15.2 Å². The molecule has 1 rings (SSSR count). The van der Waals surface area contributed by atoms with Crippen LogP contribution in [0.25, 0.3) is 0 Å². The number of ether oxygens (including phenoxy) is 2. The minimum absolute atomic E-state index is 0.00110. The molecule has 0 aliphatic heterocycles. The molecular formula is C25H45NO3. The lowest BCUT2D eigenvalue weighted by atomic mass is 9.83. The summed E-state index contributed by atoms with van der Waals surface area (Å²) in [5.41, 5.74) is 6.94. The van der Waals surface area contributed by atoms with Gasteiger partial charge in [0.15, 0.2) is 11.5 Å². The third-order valence-electron chi connectivity index (χ3n) is 6.13. The van der Waals surface area contributed by atoms with Crippen LogP contribution in [0.15, 0.2) is 18.2 Å². The molecule has 0 heterocycles. The first kappa shape index (κ1) is 25.8. The van der Waals surface area contributed by atoms with Crippen LogP contribution in [0.1, 0.15) is 78.7 Å². The van der Waals surface area contributed by atoms with Gasteiger partial charge in [-0.1, -0.05) is 59.9 Å². The highest BCUT2D eigenvalue weighted by molar-refractivity contribution is 5.43. The number of aryl methyl sites for hydroxylation is 1. The molecule has 2 unspecified atom stereocenters. The molecule has 0 aliphatic rings. The molecule has 168 valence electrons. The van der Waals surface area contributed by atoms with Gasteiger partial charge in [0.05, 0.1) is 20.3 Å². The lowest BCUT2D eigenvalue weighted by Crippen LogP contribution is -2.48. The van der Waals surface area contributed by atoms with E-state index >= 15 is 0 Å². The van der Waals surface area contributed by atoms with E-state index in [1.165, 1.54) is 25.7 Å². The summed E-state index contributed by atoms with van der Waals surface area (Å²) in [5.74, 6) is 3.35. The lowest BCUT2D eigenvalue weighted by Gasteiger charge is -2.31. The number of aliphatic hydroxyl groups is 1. The van der Waals surface area contributed by atoms with Gasteiger partial charge in [0.25, 0.3) is 0 Å². The lowest BCUT2D eigenvalue weighted by molar-refractivity contribution is 0.146. The van der Waals surface area contributed by atoms with E-state index in [0.717, 1.165) is 48.2 Å². The first-order valence-electron chi connectivity index (χ1n) is 11.4. The van der Waals surface area contributed by atoms with Gasteiger partial charge in [-0.2, -0.15) is 0 Å². The first-order valence-corrected chi connectivity index (χ1v) is 11.4. The quantitative estimate of drug-likeness (QED) is 0.372. The fourth-order valence-corrected chi connectivity index (χ4v) is 3.55. The van der Waals surface area contributed by atoms with E-state index in [1.807, 2.05) is 12.1 Å². The number of hydrogen-bond donors (Lipinski definition) is 2. The van der Waals surface area contributed by atoms with Crippen molar-refractivity contribution in [2.45, 2.75) is 85.1 Å². The molecular weight excluding hydrogens is 362 g/mol. The largest absolute Gasteiger partial charge is 0.493 e. The van der Waals surface area contributed by atoms with Crippen molar-refractivity contribution in [1.82, 2.24) is 0 Å². The fourth-order valence-electron chi connectivity index (χ4n) is 3.55. The van der Waals surface area contributed by atoms with Crippen LogP contribution >= 0.6 is 0 Å². The molecule has 0 amide bonds. The average Bonchev–Trinajstić information content (AvgIpc) is 2.69. The molecule has 0 saturated carbocycles. The number of benzene rings is 1. The highest BCUT2D eigenvalue weighted by atomic mass is 16.5. The van der Waals surface area contributed by atoms with Crippen molar-refractivity contribution in [3.8, 4) is 11.5 Å². The van der Waals surface area contributed by atoms with Crippen molar-refractivity contribution in [2.24, 2.45) is 23.5 Å². The van der Waals surface area contributed by atoms with Gasteiger partial charge in [-0.25, -0.2) is 0 Å². The van der Waals surface area contributed by atoms with Crippen molar-refractivity contribution in [2.75, 3.05) is 20.3 Å². The van der Waals surface area contributed by atoms with Gasteiger partial charge < -0.3 is 20.3 Å². The van der Waals surface area contributed by atoms with Crippen LogP contribution in [0, 0.1) is 17.8 Å². The second-order valence-corrected chi connectivity index (χ2v) is 9.45. The molecule has 1 aromatic carbocycles. The van der Waals surface area contributed by atoms with Crippen molar-refractivity contribution in [1.29, 1.82) is 0 Å². The highest BCUT2D eigenvalue weighted by Gasteiger charge is 2.27. The predicted molar refractivity (Wildman–Crippen MR) is 123 cm³/mol. The molecule has 0 saturated heterocycles. The van der Waals surface area contributed by atoms with Gasteiger partial charge >= 0.3 is 0 Å². The van der Waals surface area contributed by atoms with E-state index in [4.69, 9.17) is 15.2 Å². The van der Waals surface area contributed by atoms with E-state index in [-0.39, 0.29) is 12.5 Å². The van der Waals surface area contributed by atoms with Gasteiger partial charge in [-0.15, -0.1) is 0 Å². The van der Waals surface area contributed by atoms with E-state index < -0.39 is 5.54 Å². The molecule has 0 fully saturated rings. The maximum absolute atomic E-state index is 9.64. The Morgan fingerprint density at radius 2 is 1.69 bits per heavy atom. The van der Waals surface area contributed by atoms with E-state index in [0.29, 0.717) is 6.61 Å². The zero-order valence-corrected chi connectivity index (χ0v) is 19.7. The minimum Gasteiger partial charge on any atom is -0.493 e. The van der Waals surface area contributed by atoms with Gasteiger partial charge in [0.2, 0.25) is 0 Å². The summed E-state index contributed by atoms with van der Waals surface area (Å²) in [6.45, 7) is 11.8. The summed E-state index contributed by atoms with van der Waals surface area (Å²) >= 11 is 0. The van der Waals surface area contributed by atoms with Gasteiger partial charge in [-0.3, -0.25) is 0 Å². The topological polar surface area (TPSA) is 64.7 Å². The normalized spacial score (nSPS) is 14.8. The molecule has 4 nitrogen and oxygen atoms in total. The standard InChI is InChI=1S/C25H45NO3/c1-19(2)9-7-10-21(5)11-8-16-29-23-13-12-22(17-24(23)28-6)14-15-25(26,18-27)20(3)4/h12-13,17,19-21,27H,7-11,14-16,18,26H2,1-6H3. The summed E-state index contributed by atoms with van der Waals surface area (Å²) in [7, 11) is 1.68. The number of rotatable bonds is 15. The molecule has 0 bridgehead atoms. The zero-order valence-electron chi connectivity index (χ0n) is 19.7. The Kier molecular flexibility index (Phi) is 11.7. The number of nitrogens with two attached hydrogens (primary N) is 1. The van der Waals surface area contributed by atoms with Crippen LogP contribution in [-0.4, -0.2) is 31.0 Å². The molecule has 3 N–H and O–H groups in total. The third-order valence-corrected chi connectivity index (χ3v) is 6.13. The van der Waals surface area contributed by atoms with Crippen molar-refractivity contribution in [3.05, 3.63) is 23.8 Å². The van der Waals surface area contributed by atoms with Crippen LogP contribution in [0.2, 0.25) is 0 Å². The summed E-state index contributed by atoms with van der Waals surface area (Å²) in [5, 5.41) is 9.64. The SMILES string of the molecule is COc1cc(CCC(N)(CO)C(C)C)ccc1OCCCC(C)CCCC(C)C. The molecule has 0 aromatic heterocycles. The Bertz CT molecular complexity index is 573. The maximum atomic E-state index is 9.64. The number of methoxy groups -OCH3 is 1. The van der Waals surface area contributed by atoms with E-state index in [1.54, 1.807) is 7.11 Å². The molecule has 29 heavy (non-hydrogen) atoms. The van der Waals surface area contributed by atoms with Crippen LogP contribution in [0.5, 0.6) is 11.5 Å². The van der Waals surface area contributed by atoms with Crippen LogP contribution in [-0.2, 0) is 6.42 Å². The number of hydrogen-bond acceptors (Lipinski definition) is 4. The summed E-state index contributed by atoms with van der Waals surface area (Å²) in [4.78, 5) is 0. The first-order chi connectivity index (χ1) is 13.7. The minimum atomic E-state index is -0.547. The smallest absolute Gasteiger partial charge is 0.161 e. The van der Waals surface area contributed by atoms with Crippen molar-refractivity contribution >= 4 is 0 Å². The Labute approximate surface area is 179 Å². The Morgan fingerprint density at radius 3 is 2.28 bits per heavy atom. The predicted octanol–water partition coefficient (Wildman–Crippen LogP) is 5.60. The summed E-state index contributed by atoms with van der Waals surface area (Å²) < 4.78 is 11.5. The maximum Gasteiger partial charge on any atom is 0.161 e. The molecule has 4 heteroatoms. The van der Waals surface area contributed by atoms with Gasteiger partial charge in [-0.05, 0) is 61.1 Å². The molecule has 1 aromatic rings. The average molecular weight is 408 g/mol. The van der Waals surface area contributed by atoms with E-state index in [2.05, 4.69) is 40.7 Å². The van der Waals surface area contributed by atoms with E-state index in [9.17, 15) is 5.11 Å². The summed E-state index contributed by atoms with van der Waals surface area (Å²) in [6.07, 6.45) is 7.76. The van der Waals surface area contributed by atoms with Crippen molar-refractivity contribution in [3.63, 3.8) is 0 Å². The Morgan fingerprint density at radius 1 is 1.00 bits per heavy atom. The third kappa shape index (κ3) is 9.39. The Hall–Kier alpha value is -1.26. The second-order valence-electron chi connectivity index (χ2n) is 9.45. The van der Waals surface area contributed by atoms with Gasteiger partial charge in [0.1, 0.15) is 0 Å². The van der Waals surface area contributed by atoms with Gasteiger partial charge in [0, 0.05) is 5.54 Å². The summed E-state index contributed by atoms with van der Waals surface area (Å²) in [6, 6.07) is 6.10. The fraction of sp³-hybridized carbons (Fsp3) is 0.760. The zero-order chi connectivity index (χ0) is 21.9. The van der Waals surface area contributed by atoms with Crippen LogP contribution in [0.4, 0.5) is 0 Å². The Balaban J connectivity index is 2.47. The number of aliphatic hydroxyl groups excluding tert-OH is 1. The van der Waals surface area contributed by atoms with Crippen LogP contribution in [0.3, 0.4) is 0 Å². The molecule has 0 aliphatic carbocycles. The highest BCUT2D eigenvalue weighted by Crippen LogP contribution is 2.30. The second kappa shape index (κ2) is 13.1. The monoisotopic (exact) mass is 407 g/mol. The molecule has 2 atom stereocenters. The van der Waals surface area contributed by atoms with Crippen molar-refractivity contribution < 1.29 is 14.6 Å².